The number of aliphatic hydroxyl groups is 1. The van der Waals surface area contributed by atoms with Crippen LogP contribution >= 0.6 is 0 Å². The fourth-order valence-corrected chi connectivity index (χ4v) is 3.42. The maximum Gasteiger partial charge on any atom is 0.316 e. The fraction of sp³-hybridized carbons (Fsp3) is 0.588. The van der Waals surface area contributed by atoms with Crippen LogP contribution in [-0.4, -0.2) is 47.8 Å². The zero-order valence-corrected chi connectivity index (χ0v) is 12.1. The van der Waals surface area contributed by atoms with Crippen LogP contribution in [0.2, 0.25) is 0 Å². The van der Waals surface area contributed by atoms with E-state index in [-0.39, 0.29) is 11.7 Å². The molecule has 2 bridgehead atoms. The standard InChI is InChI=1S/C17H23NO3/c1-18-13-7-8-14(18)10-15(9-13)21-17(20)16(11-19)12-5-3-2-4-6-12/h2-6,13-16,19H,7-11H2,1H3/i2D,3D,4D,5D,6D. The molecule has 1 N–H and O–H groups in total. The van der Waals surface area contributed by atoms with Crippen LogP contribution in [0.4, 0.5) is 0 Å². The summed E-state index contributed by atoms with van der Waals surface area (Å²) >= 11 is 0. The molecule has 2 fully saturated rings. The molecule has 0 amide bonds. The highest BCUT2D eigenvalue weighted by atomic mass is 16.5. The van der Waals surface area contributed by atoms with E-state index < -0.39 is 48.7 Å². The molecule has 1 aromatic rings. The fourth-order valence-electron chi connectivity index (χ4n) is 3.42. The van der Waals surface area contributed by atoms with Crippen molar-refractivity contribution in [3.8, 4) is 0 Å². The molecule has 2 aliphatic heterocycles. The Balaban J connectivity index is 1.83. The molecule has 3 atom stereocenters. The Bertz CT molecular complexity index is 686. The lowest BCUT2D eigenvalue weighted by atomic mass is 9.98. The Labute approximate surface area is 132 Å². The van der Waals surface area contributed by atoms with Crippen molar-refractivity contribution in [3.63, 3.8) is 0 Å². The average Bonchev–Trinajstić information content (AvgIpc) is 2.83. The number of benzene rings is 1. The number of nitrogens with zero attached hydrogens (tertiary/aromatic N) is 1. The number of ether oxygens (including phenoxy) is 1. The van der Waals surface area contributed by atoms with Crippen molar-refractivity contribution in [2.24, 2.45) is 0 Å². The second kappa shape index (κ2) is 6.16. The number of piperidine rings is 1. The van der Waals surface area contributed by atoms with Gasteiger partial charge in [-0.15, -0.1) is 0 Å². The minimum Gasteiger partial charge on any atom is -0.462 e. The second-order valence-electron chi connectivity index (χ2n) is 5.85. The van der Waals surface area contributed by atoms with Crippen molar-refractivity contribution in [2.45, 2.75) is 49.8 Å². The Morgan fingerprint density at radius 2 is 2.00 bits per heavy atom. The Morgan fingerprint density at radius 3 is 2.57 bits per heavy atom. The number of aliphatic hydroxyl groups excluding tert-OH is 1. The highest BCUT2D eigenvalue weighted by Crippen LogP contribution is 2.36. The molecular weight excluding hydrogens is 266 g/mol. The Hall–Kier alpha value is -1.39. The third-order valence-electron chi connectivity index (χ3n) is 4.67. The first-order chi connectivity index (χ1) is 12.3. The van der Waals surface area contributed by atoms with Gasteiger partial charge in [0.25, 0.3) is 0 Å². The van der Waals surface area contributed by atoms with E-state index in [0.29, 0.717) is 12.1 Å². The summed E-state index contributed by atoms with van der Waals surface area (Å²) in [4.78, 5) is 14.9. The maximum absolute atomic E-state index is 12.6. The molecule has 3 unspecified atom stereocenters. The highest BCUT2D eigenvalue weighted by molar-refractivity contribution is 5.78. The van der Waals surface area contributed by atoms with Gasteiger partial charge in [0.15, 0.2) is 0 Å². The second-order valence-corrected chi connectivity index (χ2v) is 5.85. The van der Waals surface area contributed by atoms with E-state index >= 15 is 0 Å². The van der Waals surface area contributed by atoms with Crippen LogP contribution in [0.3, 0.4) is 0 Å². The van der Waals surface area contributed by atoms with Gasteiger partial charge in [0.1, 0.15) is 12.0 Å². The molecule has 2 aliphatic rings. The topological polar surface area (TPSA) is 49.8 Å². The van der Waals surface area contributed by atoms with Gasteiger partial charge in [-0.3, -0.25) is 4.79 Å². The van der Waals surface area contributed by atoms with Crippen molar-refractivity contribution < 1.29 is 21.5 Å². The maximum atomic E-state index is 12.6. The van der Waals surface area contributed by atoms with Crippen LogP contribution in [0.25, 0.3) is 0 Å². The van der Waals surface area contributed by atoms with E-state index in [2.05, 4.69) is 11.9 Å². The number of carbonyl (C=O) groups is 1. The first-order valence-electron chi connectivity index (χ1n) is 9.86. The number of carbonyl (C=O) groups excluding carboxylic acids is 1. The number of rotatable bonds is 4. The van der Waals surface area contributed by atoms with E-state index in [1.165, 1.54) is 0 Å². The molecule has 0 aliphatic carbocycles. The van der Waals surface area contributed by atoms with Crippen LogP contribution in [0.5, 0.6) is 0 Å². The van der Waals surface area contributed by atoms with E-state index in [9.17, 15) is 9.90 Å². The highest BCUT2D eigenvalue weighted by Gasteiger charge is 2.40. The minimum absolute atomic E-state index is 0.209. The lowest BCUT2D eigenvalue weighted by Crippen LogP contribution is -2.43. The van der Waals surface area contributed by atoms with Gasteiger partial charge in [-0.25, -0.2) is 0 Å². The summed E-state index contributed by atoms with van der Waals surface area (Å²) in [5, 5.41) is 9.69. The number of hydrogen-bond donors (Lipinski definition) is 1. The van der Waals surface area contributed by atoms with Crippen molar-refractivity contribution in [2.75, 3.05) is 13.7 Å². The number of hydrogen-bond acceptors (Lipinski definition) is 4. The third-order valence-corrected chi connectivity index (χ3v) is 4.67. The molecule has 0 aromatic heterocycles. The Kier molecular flexibility index (Phi) is 2.81. The van der Waals surface area contributed by atoms with Crippen molar-refractivity contribution >= 4 is 5.97 Å². The Morgan fingerprint density at radius 1 is 1.38 bits per heavy atom. The first kappa shape index (κ1) is 9.59. The van der Waals surface area contributed by atoms with Gasteiger partial charge in [-0.1, -0.05) is 30.2 Å². The van der Waals surface area contributed by atoms with Crippen LogP contribution < -0.4 is 0 Å². The van der Waals surface area contributed by atoms with Crippen molar-refractivity contribution in [1.82, 2.24) is 4.90 Å². The molecule has 2 heterocycles. The third kappa shape index (κ3) is 2.97. The molecule has 4 heteroatoms. The van der Waals surface area contributed by atoms with Crippen LogP contribution in [-0.2, 0) is 9.53 Å². The van der Waals surface area contributed by atoms with Crippen molar-refractivity contribution in [3.05, 3.63) is 35.8 Å². The summed E-state index contributed by atoms with van der Waals surface area (Å²) in [6.45, 7) is -0.674. The number of esters is 1. The molecule has 0 radical (unpaired) electrons. The van der Waals surface area contributed by atoms with Gasteiger partial charge in [0.05, 0.1) is 13.5 Å². The van der Waals surface area contributed by atoms with Gasteiger partial charge in [-0.2, -0.15) is 0 Å². The minimum atomic E-state index is -1.29. The predicted molar refractivity (Wildman–Crippen MR) is 80.0 cm³/mol. The van der Waals surface area contributed by atoms with Gasteiger partial charge >= 0.3 is 5.97 Å². The summed E-state index contributed by atoms with van der Waals surface area (Å²) in [6.07, 6.45) is 3.31. The molecule has 0 spiro atoms. The lowest BCUT2D eigenvalue weighted by Gasteiger charge is -2.36. The van der Waals surface area contributed by atoms with E-state index in [1.54, 1.807) is 0 Å². The van der Waals surface area contributed by atoms with Crippen LogP contribution in [0.1, 0.15) is 44.0 Å². The zero-order valence-electron chi connectivity index (χ0n) is 17.1. The van der Waals surface area contributed by atoms with Gasteiger partial charge in [0.2, 0.25) is 0 Å². The van der Waals surface area contributed by atoms with E-state index in [4.69, 9.17) is 11.6 Å². The molecule has 21 heavy (non-hydrogen) atoms. The molecule has 114 valence electrons. The lowest BCUT2D eigenvalue weighted by molar-refractivity contribution is -0.155. The first-order valence-corrected chi connectivity index (χ1v) is 7.36. The molecule has 4 nitrogen and oxygen atoms in total. The summed E-state index contributed by atoms with van der Waals surface area (Å²) in [5.41, 5.74) is -0.209. The summed E-state index contributed by atoms with van der Waals surface area (Å²) < 4.78 is 44.7. The summed E-state index contributed by atoms with van der Waals surface area (Å²) in [7, 11) is 2.07. The van der Waals surface area contributed by atoms with Crippen LogP contribution in [0, 0.1) is 0 Å². The molecule has 1 aromatic carbocycles. The van der Waals surface area contributed by atoms with Gasteiger partial charge < -0.3 is 14.7 Å². The summed E-state index contributed by atoms with van der Waals surface area (Å²) in [6, 6.07) is -1.78. The van der Waals surface area contributed by atoms with E-state index in [0.717, 1.165) is 25.7 Å². The predicted octanol–water partition coefficient (Wildman–Crippen LogP) is 1.93. The van der Waals surface area contributed by atoms with Crippen molar-refractivity contribution in [1.29, 1.82) is 0 Å². The van der Waals surface area contributed by atoms with Gasteiger partial charge in [0, 0.05) is 12.1 Å². The summed E-state index contributed by atoms with van der Waals surface area (Å²) in [5.74, 6) is -2.03. The van der Waals surface area contributed by atoms with Gasteiger partial charge in [-0.05, 0) is 38.3 Å². The number of fused-ring (bicyclic) bond motifs is 2. The molecule has 3 rings (SSSR count). The molecule has 2 saturated heterocycles. The normalized spacial score (nSPS) is 33.4. The average molecular weight is 294 g/mol. The zero-order chi connectivity index (χ0) is 19.2. The smallest absolute Gasteiger partial charge is 0.316 e. The molecular formula is C17H23NO3. The monoisotopic (exact) mass is 294 g/mol. The van der Waals surface area contributed by atoms with E-state index in [1.807, 2.05) is 0 Å². The van der Waals surface area contributed by atoms with Crippen LogP contribution in [0.15, 0.2) is 30.2 Å². The quantitative estimate of drug-likeness (QED) is 0.862. The molecule has 0 saturated carbocycles. The SMILES string of the molecule is [2H]c1c([2H])c([2H])c(C(CO)C(=O)OC2CC3CCC(C2)N3C)c([2H])c1[2H]. The largest absolute Gasteiger partial charge is 0.462 e.